The van der Waals surface area contributed by atoms with Crippen LogP contribution in [-0.4, -0.2) is 74.2 Å². The van der Waals surface area contributed by atoms with Crippen LogP contribution in [0.5, 0.6) is 0 Å². The van der Waals surface area contributed by atoms with Crippen molar-refractivity contribution in [3.05, 3.63) is 71.8 Å². The van der Waals surface area contributed by atoms with Gasteiger partial charge in [-0.3, -0.25) is 9.69 Å². The highest BCUT2D eigenvalue weighted by Crippen LogP contribution is 2.17. The summed E-state index contributed by atoms with van der Waals surface area (Å²) in [5.41, 5.74) is 2.17. The highest BCUT2D eigenvalue weighted by molar-refractivity contribution is 7.89. The van der Waals surface area contributed by atoms with E-state index < -0.39 is 10.0 Å². The van der Waals surface area contributed by atoms with E-state index in [1.807, 2.05) is 25.1 Å². The predicted molar refractivity (Wildman–Crippen MR) is 124 cm³/mol. The normalized spacial score (nSPS) is 15.6. The minimum atomic E-state index is -3.68. The van der Waals surface area contributed by atoms with E-state index >= 15 is 0 Å². The van der Waals surface area contributed by atoms with E-state index in [1.54, 1.807) is 36.1 Å². The minimum absolute atomic E-state index is 0.124. The summed E-state index contributed by atoms with van der Waals surface area (Å²) >= 11 is 0. The lowest BCUT2D eigenvalue weighted by Gasteiger charge is -2.35. The largest absolute Gasteiger partial charge is 0.339 e. The van der Waals surface area contributed by atoms with Crippen molar-refractivity contribution in [3.8, 4) is 0 Å². The summed E-state index contributed by atoms with van der Waals surface area (Å²) in [5, 5.41) is 0. The van der Waals surface area contributed by atoms with Crippen LogP contribution in [0.1, 0.15) is 18.1 Å². The Morgan fingerprint density at radius 3 is 2.26 bits per heavy atom. The molecule has 0 unspecified atom stereocenters. The number of carbonyl (C=O) groups is 1. The molecule has 0 radical (unpaired) electrons. The zero-order valence-corrected chi connectivity index (χ0v) is 19.1. The molecule has 7 heteroatoms. The van der Waals surface area contributed by atoms with Crippen LogP contribution < -0.4 is 0 Å². The molecule has 1 fully saturated rings. The first-order chi connectivity index (χ1) is 14.9. The first-order valence-electron chi connectivity index (χ1n) is 10.7. The van der Waals surface area contributed by atoms with Crippen molar-refractivity contribution in [2.24, 2.45) is 0 Å². The zero-order valence-electron chi connectivity index (χ0n) is 18.3. The van der Waals surface area contributed by atoms with Crippen LogP contribution in [0.15, 0.2) is 65.6 Å². The first-order valence-corrected chi connectivity index (χ1v) is 12.1. The van der Waals surface area contributed by atoms with Crippen molar-refractivity contribution >= 4 is 22.0 Å². The number of likely N-dealkylation sites (N-methyl/N-ethyl adjacent to an activating group) is 1. The van der Waals surface area contributed by atoms with E-state index in [0.717, 1.165) is 25.2 Å². The standard InChI is InChI=1S/C24H31N3O3S/c1-3-27(31(29,30)23-13-11-21(2)12-14-23)20-24(28)26-18-16-25(17-19-26)15-7-10-22-8-5-4-6-9-22/h4-14H,3,15-20H2,1-2H3/b10-7+. The molecular formula is C24H31N3O3S. The van der Waals surface area contributed by atoms with Crippen molar-refractivity contribution in [1.82, 2.24) is 14.1 Å². The molecule has 1 aliphatic rings. The van der Waals surface area contributed by atoms with Gasteiger partial charge >= 0.3 is 0 Å². The van der Waals surface area contributed by atoms with E-state index in [-0.39, 0.29) is 23.9 Å². The third-order valence-electron chi connectivity index (χ3n) is 5.52. The second-order valence-electron chi connectivity index (χ2n) is 7.74. The number of hydrogen-bond donors (Lipinski definition) is 0. The molecule has 3 rings (SSSR count). The fourth-order valence-electron chi connectivity index (χ4n) is 3.56. The van der Waals surface area contributed by atoms with E-state index in [9.17, 15) is 13.2 Å². The van der Waals surface area contributed by atoms with E-state index in [2.05, 4.69) is 29.2 Å². The molecule has 0 bridgehead atoms. The van der Waals surface area contributed by atoms with Gasteiger partial charge in [-0.1, -0.05) is 67.1 Å². The van der Waals surface area contributed by atoms with Gasteiger partial charge in [0.15, 0.2) is 0 Å². The quantitative estimate of drug-likeness (QED) is 0.632. The molecule has 0 atom stereocenters. The molecule has 2 aromatic rings. The predicted octanol–water partition coefficient (Wildman–Crippen LogP) is 2.86. The lowest BCUT2D eigenvalue weighted by atomic mass is 10.2. The molecule has 0 spiro atoms. The Morgan fingerprint density at radius 2 is 1.65 bits per heavy atom. The summed E-state index contributed by atoms with van der Waals surface area (Å²) in [4.78, 5) is 17.1. The molecule has 166 valence electrons. The van der Waals surface area contributed by atoms with Crippen LogP contribution >= 0.6 is 0 Å². The maximum atomic E-state index is 12.9. The number of carbonyl (C=O) groups excluding carboxylic acids is 1. The molecule has 0 aliphatic carbocycles. The molecule has 1 aliphatic heterocycles. The Labute approximate surface area is 185 Å². The van der Waals surface area contributed by atoms with Gasteiger partial charge in [-0.05, 0) is 24.6 Å². The first kappa shape index (κ1) is 23.2. The summed E-state index contributed by atoms with van der Waals surface area (Å²) in [7, 11) is -3.68. The number of piperazine rings is 1. The van der Waals surface area contributed by atoms with Crippen molar-refractivity contribution in [2.75, 3.05) is 45.8 Å². The fraction of sp³-hybridized carbons (Fsp3) is 0.375. The lowest BCUT2D eigenvalue weighted by Crippen LogP contribution is -2.51. The van der Waals surface area contributed by atoms with Gasteiger partial charge in [-0.2, -0.15) is 4.31 Å². The molecule has 1 amide bonds. The molecule has 1 saturated heterocycles. The Kier molecular flexibility index (Phi) is 8.01. The summed E-state index contributed by atoms with van der Waals surface area (Å²) in [5.74, 6) is -0.142. The number of nitrogens with zero attached hydrogens (tertiary/aromatic N) is 3. The van der Waals surface area contributed by atoms with Crippen molar-refractivity contribution in [3.63, 3.8) is 0 Å². The van der Waals surface area contributed by atoms with Crippen LogP contribution in [0.2, 0.25) is 0 Å². The Hall–Kier alpha value is -2.48. The van der Waals surface area contributed by atoms with E-state index in [4.69, 9.17) is 0 Å². The molecule has 6 nitrogen and oxygen atoms in total. The molecule has 1 heterocycles. The fourth-order valence-corrected chi connectivity index (χ4v) is 4.96. The molecule has 2 aromatic carbocycles. The van der Waals surface area contributed by atoms with Crippen LogP contribution in [0, 0.1) is 6.92 Å². The molecule has 31 heavy (non-hydrogen) atoms. The zero-order chi connectivity index (χ0) is 22.3. The highest BCUT2D eigenvalue weighted by atomic mass is 32.2. The second-order valence-corrected chi connectivity index (χ2v) is 9.68. The van der Waals surface area contributed by atoms with Crippen LogP contribution in [0.3, 0.4) is 0 Å². The molecule has 0 N–H and O–H groups in total. The highest BCUT2D eigenvalue weighted by Gasteiger charge is 2.28. The third kappa shape index (κ3) is 6.26. The average molecular weight is 442 g/mol. The van der Waals surface area contributed by atoms with Gasteiger partial charge in [0.2, 0.25) is 15.9 Å². The Balaban J connectivity index is 1.51. The summed E-state index contributed by atoms with van der Waals surface area (Å²) in [6, 6.07) is 16.9. The van der Waals surface area contributed by atoms with Gasteiger partial charge in [0, 0.05) is 39.3 Å². The number of benzene rings is 2. The molecular weight excluding hydrogens is 410 g/mol. The van der Waals surface area contributed by atoms with Gasteiger partial charge < -0.3 is 4.90 Å². The number of sulfonamides is 1. The van der Waals surface area contributed by atoms with Crippen LogP contribution in [0.25, 0.3) is 6.08 Å². The van der Waals surface area contributed by atoms with Crippen molar-refractivity contribution in [2.45, 2.75) is 18.7 Å². The number of rotatable bonds is 8. The van der Waals surface area contributed by atoms with E-state index in [0.29, 0.717) is 13.1 Å². The van der Waals surface area contributed by atoms with Gasteiger partial charge in [0.05, 0.1) is 11.4 Å². The van der Waals surface area contributed by atoms with Crippen LogP contribution in [0.4, 0.5) is 0 Å². The summed E-state index contributed by atoms with van der Waals surface area (Å²) in [6.07, 6.45) is 4.24. The SMILES string of the molecule is CCN(CC(=O)N1CCN(C/C=C/c2ccccc2)CC1)S(=O)(=O)c1ccc(C)cc1. The topological polar surface area (TPSA) is 60.9 Å². The van der Waals surface area contributed by atoms with Gasteiger partial charge in [0.25, 0.3) is 0 Å². The Bertz CT molecular complexity index is 980. The second kappa shape index (κ2) is 10.7. The smallest absolute Gasteiger partial charge is 0.243 e. The van der Waals surface area contributed by atoms with Gasteiger partial charge in [-0.25, -0.2) is 8.42 Å². The number of aryl methyl sites for hydroxylation is 1. The van der Waals surface area contributed by atoms with E-state index in [1.165, 1.54) is 9.87 Å². The van der Waals surface area contributed by atoms with Gasteiger partial charge in [0.1, 0.15) is 0 Å². The average Bonchev–Trinajstić information content (AvgIpc) is 2.78. The number of hydrogen-bond acceptors (Lipinski definition) is 4. The summed E-state index contributed by atoms with van der Waals surface area (Å²) in [6.45, 7) is 7.42. The summed E-state index contributed by atoms with van der Waals surface area (Å²) < 4.78 is 27.1. The maximum Gasteiger partial charge on any atom is 0.243 e. The maximum absolute atomic E-state index is 12.9. The Morgan fingerprint density at radius 1 is 1.00 bits per heavy atom. The van der Waals surface area contributed by atoms with Crippen molar-refractivity contribution < 1.29 is 13.2 Å². The lowest BCUT2D eigenvalue weighted by molar-refractivity contribution is -0.133. The third-order valence-corrected chi connectivity index (χ3v) is 7.46. The van der Waals surface area contributed by atoms with Crippen molar-refractivity contribution in [1.29, 1.82) is 0 Å². The van der Waals surface area contributed by atoms with Crippen LogP contribution in [-0.2, 0) is 14.8 Å². The number of amides is 1. The monoisotopic (exact) mass is 441 g/mol. The molecule has 0 saturated carbocycles. The molecule has 0 aromatic heterocycles. The van der Waals surface area contributed by atoms with Gasteiger partial charge in [-0.15, -0.1) is 0 Å². The minimum Gasteiger partial charge on any atom is -0.339 e.